The Morgan fingerprint density at radius 1 is 0.691 bits per heavy atom. The average Bonchev–Trinajstić information content (AvgIpc) is 3.44. The van der Waals surface area contributed by atoms with Crippen LogP contribution >= 0.6 is 23.5 Å². The topological polar surface area (TPSA) is 124 Å². The second-order valence-corrected chi connectivity index (χ2v) is 14.3. The molecule has 0 saturated carbocycles. The summed E-state index contributed by atoms with van der Waals surface area (Å²) in [5.74, 6) is -2.50. The second-order valence-electron chi connectivity index (χ2n) is 12.1. The molecule has 2 saturated heterocycles. The minimum absolute atomic E-state index is 0.0128. The van der Waals surface area contributed by atoms with E-state index in [0.29, 0.717) is 78.4 Å². The number of halogens is 2. The number of morpholine rings is 2. The fourth-order valence-corrected chi connectivity index (χ4v) is 7.72. The highest BCUT2D eigenvalue weighted by molar-refractivity contribution is 8.08. The first-order chi connectivity index (χ1) is 26.7. The lowest BCUT2D eigenvalue weighted by Gasteiger charge is -2.26. The highest BCUT2D eigenvalue weighted by atomic mass is 32.2. The van der Waals surface area contributed by atoms with Crippen molar-refractivity contribution in [2.75, 3.05) is 90.5 Å². The van der Waals surface area contributed by atoms with Gasteiger partial charge in [0.05, 0.1) is 61.7 Å². The summed E-state index contributed by atoms with van der Waals surface area (Å²) in [6.07, 6.45) is 5.11. The molecule has 3 aliphatic rings. The molecule has 16 heteroatoms. The Kier molecular flexibility index (Phi) is 13.9. The standard InChI is InChI=1S/C39H37F2N3O9S2/c1-2-15-49-20-21-52-22-23-53-33-31(40)24-28(25-32(33)41)44-38(47)34(54-29-7-3-26(4-8-29)36(45)42-11-16-50-17-12-42)35(39(44)48)55-30-9-5-27(6-10-30)37(46)43-13-18-51-19-14-43/h1,3-10,24-25H,11-23H2. The van der Waals surface area contributed by atoms with Gasteiger partial charge in [-0.25, -0.2) is 13.7 Å². The van der Waals surface area contributed by atoms with Gasteiger partial charge in [-0.3, -0.25) is 19.2 Å². The maximum absolute atomic E-state index is 15.3. The van der Waals surface area contributed by atoms with E-state index in [9.17, 15) is 19.2 Å². The van der Waals surface area contributed by atoms with Gasteiger partial charge >= 0.3 is 0 Å². The van der Waals surface area contributed by atoms with Crippen molar-refractivity contribution < 1.29 is 51.6 Å². The Morgan fingerprint density at radius 2 is 1.13 bits per heavy atom. The fourth-order valence-electron chi connectivity index (χ4n) is 5.74. The van der Waals surface area contributed by atoms with E-state index < -0.39 is 29.2 Å². The molecule has 0 spiro atoms. The van der Waals surface area contributed by atoms with Gasteiger partial charge in [0.15, 0.2) is 17.4 Å². The Hall–Kier alpha value is -4.76. The van der Waals surface area contributed by atoms with Gasteiger partial charge in [-0.2, -0.15) is 0 Å². The summed E-state index contributed by atoms with van der Waals surface area (Å²) in [4.78, 5) is 59.3. The normalized spacial score (nSPS) is 16.1. The minimum Gasteiger partial charge on any atom is -0.485 e. The van der Waals surface area contributed by atoms with E-state index in [-0.39, 0.29) is 60.3 Å². The number of hydrogen-bond acceptors (Lipinski definition) is 11. The maximum Gasteiger partial charge on any atom is 0.273 e. The van der Waals surface area contributed by atoms with Crippen molar-refractivity contribution in [1.29, 1.82) is 0 Å². The van der Waals surface area contributed by atoms with Crippen LogP contribution in [-0.2, 0) is 28.5 Å². The highest BCUT2D eigenvalue weighted by Crippen LogP contribution is 2.44. The van der Waals surface area contributed by atoms with Gasteiger partial charge in [0.1, 0.15) is 13.2 Å². The number of ether oxygens (including phenoxy) is 5. The van der Waals surface area contributed by atoms with Gasteiger partial charge in [-0.15, -0.1) is 6.42 Å². The summed E-state index contributed by atoms with van der Waals surface area (Å²) in [7, 11) is 0. The zero-order chi connectivity index (χ0) is 38.7. The van der Waals surface area contributed by atoms with E-state index in [1.54, 1.807) is 58.3 Å². The van der Waals surface area contributed by atoms with Crippen LogP contribution in [0.3, 0.4) is 0 Å². The van der Waals surface area contributed by atoms with Gasteiger partial charge < -0.3 is 33.5 Å². The van der Waals surface area contributed by atoms with Gasteiger partial charge in [0.2, 0.25) is 0 Å². The molecule has 2 fully saturated rings. The predicted octanol–water partition coefficient (Wildman–Crippen LogP) is 4.62. The number of benzene rings is 3. The Balaban J connectivity index is 1.21. The molecule has 3 heterocycles. The van der Waals surface area contributed by atoms with Gasteiger partial charge in [0.25, 0.3) is 23.6 Å². The monoisotopic (exact) mass is 793 g/mol. The number of thioether (sulfide) groups is 2. The van der Waals surface area contributed by atoms with Crippen molar-refractivity contribution in [2.45, 2.75) is 9.79 Å². The quantitative estimate of drug-likeness (QED) is 0.122. The number of hydrogen-bond donors (Lipinski definition) is 0. The third-order valence-corrected chi connectivity index (χ3v) is 10.8. The molecular formula is C39H37F2N3O9S2. The van der Waals surface area contributed by atoms with E-state index in [4.69, 9.17) is 30.1 Å². The van der Waals surface area contributed by atoms with Crippen molar-refractivity contribution in [1.82, 2.24) is 9.80 Å². The molecule has 12 nitrogen and oxygen atoms in total. The van der Waals surface area contributed by atoms with Crippen LogP contribution < -0.4 is 9.64 Å². The number of carbonyl (C=O) groups excluding carboxylic acids is 4. The molecule has 55 heavy (non-hydrogen) atoms. The molecule has 3 aromatic carbocycles. The summed E-state index contributed by atoms with van der Waals surface area (Å²) in [6.45, 7) is 4.14. The van der Waals surface area contributed by atoms with Crippen LogP contribution in [0.15, 0.2) is 80.3 Å². The number of terminal acetylenes is 1. The summed E-state index contributed by atoms with van der Waals surface area (Å²) in [5.41, 5.74) is 0.572. The molecule has 0 bridgehead atoms. The van der Waals surface area contributed by atoms with Crippen molar-refractivity contribution in [3.8, 4) is 18.1 Å². The lowest BCUT2D eigenvalue weighted by molar-refractivity contribution is -0.120. The summed E-state index contributed by atoms with van der Waals surface area (Å²) >= 11 is 1.98. The number of carbonyl (C=O) groups is 4. The largest absolute Gasteiger partial charge is 0.485 e. The second kappa shape index (κ2) is 19.2. The van der Waals surface area contributed by atoms with Crippen LogP contribution in [0, 0.1) is 24.0 Å². The number of imide groups is 1. The minimum atomic E-state index is -1.12. The Morgan fingerprint density at radius 3 is 1.58 bits per heavy atom. The van der Waals surface area contributed by atoms with E-state index in [1.165, 1.54) is 0 Å². The molecule has 0 aromatic heterocycles. The summed E-state index contributed by atoms with van der Waals surface area (Å²) < 4.78 is 57.0. The molecule has 0 N–H and O–H groups in total. The first-order valence-electron chi connectivity index (χ1n) is 17.4. The first kappa shape index (κ1) is 39.9. The maximum atomic E-state index is 15.3. The molecule has 4 amide bonds. The first-order valence-corrected chi connectivity index (χ1v) is 19.0. The Bertz CT molecular complexity index is 1840. The lowest BCUT2D eigenvalue weighted by Crippen LogP contribution is -2.40. The van der Waals surface area contributed by atoms with Crippen molar-refractivity contribution >= 4 is 52.8 Å². The van der Waals surface area contributed by atoms with Crippen LogP contribution in [0.4, 0.5) is 14.5 Å². The van der Waals surface area contributed by atoms with Crippen molar-refractivity contribution in [2.24, 2.45) is 0 Å². The molecule has 0 unspecified atom stereocenters. The fraction of sp³-hybridized carbons (Fsp3) is 0.333. The molecule has 0 radical (unpaired) electrons. The lowest BCUT2D eigenvalue weighted by atomic mass is 10.2. The van der Waals surface area contributed by atoms with E-state index in [1.807, 2.05) is 0 Å². The van der Waals surface area contributed by atoms with Crippen LogP contribution in [0.1, 0.15) is 20.7 Å². The van der Waals surface area contributed by atoms with Crippen LogP contribution in [0.25, 0.3) is 0 Å². The van der Waals surface area contributed by atoms with Crippen molar-refractivity contribution in [3.05, 3.63) is 93.2 Å². The molecule has 6 rings (SSSR count). The molecular weight excluding hydrogens is 757 g/mol. The predicted molar refractivity (Wildman–Crippen MR) is 200 cm³/mol. The molecule has 0 aliphatic carbocycles. The smallest absolute Gasteiger partial charge is 0.273 e. The number of amides is 4. The molecule has 3 aromatic rings. The highest BCUT2D eigenvalue weighted by Gasteiger charge is 2.41. The van der Waals surface area contributed by atoms with E-state index in [2.05, 4.69) is 5.92 Å². The van der Waals surface area contributed by atoms with Crippen molar-refractivity contribution in [3.63, 3.8) is 0 Å². The van der Waals surface area contributed by atoms with Crippen LogP contribution in [0.5, 0.6) is 5.75 Å². The molecule has 0 atom stereocenters. The van der Waals surface area contributed by atoms with Gasteiger partial charge in [-0.05, 0) is 48.5 Å². The van der Waals surface area contributed by atoms with Gasteiger partial charge in [0, 0.05) is 59.2 Å². The van der Waals surface area contributed by atoms with E-state index in [0.717, 1.165) is 35.7 Å². The number of nitrogens with zero attached hydrogens (tertiary/aromatic N) is 3. The zero-order valence-electron chi connectivity index (χ0n) is 29.6. The van der Waals surface area contributed by atoms with Crippen LogP contribution in [-0.4, -0.2) is 119 Å². The third-order valence-electron chi connectivity index (χ3n) is 8.51. The number of anilines is 1. The molecule has 3 aliphatic heterocycles. The third kappa shape index (κ3) is 9.92. The Labute approximate surface area is 325 Å². The molecule has 288 valence electrons. The zero-order valence-corrected chi connectivity index (χ0v) is 31.3. The van der Waals surface area contributed by atoms with Gasteiger partial charge in [-0.1, -0.05) is 29.4 Å². The van der Waals surface area contributed by atoms with Crippen LogP contribution in [0.2, 0.25) is 0 Å². The number of rotatable bonds is 15. The average molecular weight is 794 g/mol. The summed E-state index contributed by atoms with van der Waals surface area (Å²) in [5, 5.41) is 0. The summed E-state index contributed by atoms with van der Waals surface area (Å²) in [6, 6.07) is 14.9. The SMILES string of the molecule is C#CCOCCOCCOc1c(F)cc(N2C(=O)C(Sc3ccc(C(=O)N4CCOCC4)cc3)=C(Sc3ccc(C(=O)N4CCOCC4)cc3)C2=O)cc1F. The van der Waals surface area contributed by atoms with E-state index >= 15 is 8.78 Å².